The van der Waals surface area contributed by atoms with Crippen LogP contribution in [0.2, 0.25) is 0 Å². The monoisotopic (exact) mass is 726 g/mol. The van der Waals surface area contributed by atoms with Crippen molar-refractivity contribution in [2.75, 3.05) is 0 Å². The SMILES string of the molecule is CC(=O)[O-].O=C([O-])CC(O)(CC(=O)[O-])C(=O)[O-].[O]=[U+2]=[O].[Pb+2]. The number of rotatable bonds is 5. The molecule has 0 fully saturated rings. The summed E-state index contributed by atoms with van der Waals surface area (Å²) < 4.78 is 17.2. The summed E-state index contributed by atoms with van der Waals surface area (Å²) in [5.74, 6) is -7.07. The molecule has 0 aliphatic rings. The van der Waals surface area contributed by atoms with Gasteiger partial charge in [-0.2, -0.15) is 0 Å². The molecule has 0 saturated heterocycles. The molecule has 0 aliphatic heterocycles. The van der Waals surface area contributed by atoms with Gasteiger partial charge in [0.1, 0.15) is 5.60 Å². The van der Waals surface area contributed by atoms with Crippen molar-refractivity contribution in [2.45, 2.75) is 25.4 Å². The molecule has 0 saturated carbocycles. The van der Waals surface area contributed by atoms with E-state index in [1.807, 2.05) is 0 Å². The molecule has 0 bridgehead atoms. The minimum atomic E-state index is -2.97. The van der Waals surface area contributed by atoms with Crippen molar-refractivity contribution in [2.24, 2.45) is 0 Å². The summed E-state index contributed by atoms with van der Waals surface area (Å²) in [6.45, 7) is 0.972. The molecule has 13 heteroatoms. The Hall–Kier alpha value is -0.586. The standard InChI is InChI=1S/C6H8O7.C2H4O2.2O.Pb.U/c7-3(8)1-6(13,5(11)12)2-4(9)10;1-2(3)4;;;;/h13H,1-2H2,(H,7,8)(H,9,10)(H,11,12);1H3,(H,3,4);;;;/q;;;;2*+2/p-4. The zero-order valence-corrected chi connectivity index (χ0v) is 18.5. The van der Waals surface area contributed by atoms with Crippen LogP contribution in [0.3, 0.4) is 0 Å². The Morgan fingerprint density at radius 3 is 1.24 bits per heavy atom. The predicted molar refractivity (Wildman–Crippen MR) is 47.0 cm³/mol. The normalized spacial score (nSPS) is 8.29. The van der Waals surface area contributed by atoms with Gasteiger partial charge in [-0.15, -0.1) is 0 Å². The van der Waals surface area contributed by atoms with Crippen molar-refractivity contribution in [1.82, 2.24) is 0 Å². The molecule has 0 aromatic heterocycles. The summed E-state index contributed by atoms with van der Waals surface area (Å²) in [6, 6.07) is 0. The summed E-state index contributed by atoms with van der Waals surface area (Å²) >= 11 is -2.51. The van der Waals surface area contributed by atoms with Crippen LogP contribution in [-0.4, -0.2) is 61.9 Å². The van der Waals surface area contributed by atoms with Crippen molar-refractivity contribution in [3.63, 3.8) is 0 Å². The van der Waals surface area contributed by atoms with E-state index >= 15 is 0 Å². The number of carbonyl (C=O) groups is 4. The van der Waals surface area contributed by atoms with E-state index in [0.29, 0.717) is 0 Å². The van der Waals surface area contributed by atoms with Crippen LogP contribution < -0.4 is 20.4 Å². The van der Waals surface area contributed by atoms with E-state index in [1.165, 1.54) is 0 Å². The van der Waals surface area contributed by atoms with Gasteiger partial charge in [0.15, 0.2) is 0 Å². The maximum absolute atomic E-state index is 10.1. The first-order chi connectivity index (χ1) is 8.92. The zero-order valence-electron chi connectivity index (χ0n) is 10.4. The molecular formula is C8H8O11PbU. The summed E-state index contributed by atoms with van der Waals surface area (Å²) in [5.41, 5.74) is -2.97. The molecule has 0 aromatic carbocycles. The number of carboxylic acids is 4. The minimum absolute atomic E-state index is 0. The average Bonchev–Trinajstić information content (AvgIpc) is 2.14. The molecule has 1 N–H and O–H groups in total. The Morgan fingerprint density at radius 1 is 0.952 bits per heavy atom. The Kier molecular flexibility index (Phi) is 21.5. The zero-order chi connectivity index (χ0) is 16.9. The number of aliphatic hydroxyl groups is 1. The van der Waals surface area contributed by atoms with Crippen LogP contribution in [0.1, 0.15) is 19.8 Å². The molecule has 2 radical (unpaired) electrons. The van der Waals surface area contributed by atoms with E-state index < -0.39 is 70.1 Å². The Balaban J connectivity index is -0.000000152. The average molecular weight is 725 g/mol. The molecule has 0 atom stereocenters. The summed E-state index contributed by atoms with van der Waals surface area (Å²) in [7, 11) is 0. The third-order valence-electron chi connectivity index (χ3n) is 1.25. The van der Waals surface area contributed by atoms with Gasteiger partial charge in [0.2, 0.25) is 0 Å². The van der Waals surface area contributed by atoms with Crippen LogP contribution in [0, 0.1) is 27.8 Å². The van der Waals surface area contributed by atoms with Crippen LogP contribution in [0.15, 0.2) is 0 Å². The first kappa shape index (κ1) is 28.6. The molecule has 0 amide bonds. The van der Waals surface area contributed by atoms with Crippen molar-refractivity contribution >= 4 is 51.2 Å². The van der Waals surface area contributed by atoms with Gasteiger partial charge in [0, 0.05) is 30.7 Å². The number of carbonyl (C=O) groups excluding carboxylic acids is 4. The van der Waals surface area contributed by atoms with E-state index in [-0.39, 0.29) is 27.3 Å². The number of hydrogen-bond acceptors (Lipinski definition) is 11. The maximum atomic E-state index is 10.1. The molecule has 114 valence electrons. The molecule has 0 aromatic rings. The van der Waals surface area contributed by atoms with Crippen molar-refractivity contribution in [3.8, 4) is 0 Å². The van der Waals surface area contributed by atoms with Crippen molar-refractivity contribution < 1.29 is 77.0 Å². The van der Waals surface area contributed by atoms with E-state index in [2.05, 4.69) is 0 Å². The van der Waals surface area contributed by atoms with E-state index in [4.69, 9.17) is 19.5 Å². The van der Waals surface area contributed by atoms with Gasteiger partial charge in [0.05, 0.1) is 5.97 Å². The minimum Gasteiger partial charge on any atom is 2.00 e. The third kappa shape index (κ3) is 24.8. The second-order valence-corrected chi connectivity index (χ2v) is 3.69. The molecule has 0 spiro atoms. The van der Waals surface area contributed by atoms with Gasteiger partial charge < -0.3 is 44.7 Å². The summed E-state index contributed by atoms with van der Waals surface area (Å²) in [4.78, 5) is 38.9. The largest absolute Gasteiger partial charge is 2.00 e. The second-order valence-electron chi connectivity index (χ2n) is 2.99. The van der Waals surface area contributed by atoms with Crippen molar-refractivity contribution in [1.29, 1.82) is 0 Å². The molecule has 0 unspecified atom stereocenters. The second kappa shape index (κ2) is 15.8. The summed E-state index contributed by atoms with van der Waals surface area (Å²) in [6.07, 6.45) is -2.72. The van der Waals surface area contributed by atoms with E-state index in [1.54, 1.807) is 0 Å². The molecule has 0 rings (SSSR count). The van der Waals surface area contributed by atoms with Gasteiger partial charge in [-0.1, -0.05) is 0 Å². The van der Waals surface area contributed by atoms with Gasteiger partial charge in [-0.25, -0.2) is 0 Å². The predicted octanol–water partition coefficient (Wildman–Crippen LogP) is -7.11. The topological polar surface area (TPSA) is 215 Å². The molecule has 21 heavy (non-hydrogen) atoms. The number of aliphatic carboxylic acids is 4. The van der Waals surface area contributed by atoms with Crippen LogP contribution in [0.4, 0.5) is 0 Å². The van der Waals surface area contributed by atoms with E-state index in [9.17, 15) is 29.7 Å². The first-order valence-corrected chi connectivity index (χ1v) is 7.83. The molecular weight excluding hydrogens is 717 g/mol. The molecule has 11 nitrogen and oxygen atoms in total. The van der Waals surface area contributed by atoms with Crippen LogP contribution in [0.25, 0.3) is 0 Å². The first-order valence-electron chi connectivity index (χ1n) is 4.43. The number of hydrogen-bond donors (Lipinski definition) is 1. The van der Waals surface area contributed by atoms with Gasteiger partial charge in [0.25, 0.3) is 0 Å². The number of carboxylic acid groups (broad SMARTS) is 4. The van der Waals surface area contributed by atoms with Gasteiger partial charge >= 0.3 is 59.6 Å². The molecule has 0 heterocycles. The van der Waals surface area contributed by atoms with E-state index in [0.717, 1.165) is 6.92 Å². The van der Waals surface area contributed by atoms with Crippen LogP contribution >= 0.6 is 0 Å². The Bertz CT molecular complexity index is 381. The van der Waals surface area contributed by atoms with Gasteiger partial charge in [-0.05, 0) is 6.92 Å². The Labute approximate surface area is 152 Å². The third-order valence-corrected chi connectivity index (χ3v) is 1.25. The fourth-order valence-electron chi connectivity index (χ4n) is 0.684. The summed E-state index contributed by atoms with van der Waals surface area (Å²) in [5, 5.41) is 47.8. The van der Waals surface area contributed by atoms with Crippen LogP contribution in [-0.2, 0) is 23.6 Å². The fourth-order valence-corrected chi connectivity index (χ4v) is 0.684. The quantitative estimate of drug-likeness (QED) is 0.263. The smallest absolute Gasteiger partial charge is 2.00 e. The molecule has 0 aliphatic carbocycles. The van der Waals surface area contributed by atoms with Crippen molar-refractivity contribution in [3.05, 3.63) is 0 Å². The van der Waals surface area contributed by atoms with Gasteiger partial charge in [-0.3, -0.25) is 0 Å². The maximum Gasteiger partial charge on any atom is 2.00 e. The van der Waals surface area contributed by atoms with Crippen LogP contribution in [0.5, 0.6) is 0 Å². The fraction of sp³-hybridized carbons (Fsp3) is 0.500. The Morgan fingerprint density at radius 2 is 1.14 bits per heavy atom.